The SMILES string of the molecule is C1CC1=C1C2(CCC(C3CC3)(C3CC3)CC2)C12CC2. The highest BCUT2D eigenvalue weighted by Crippen LogP contribution is 2.89. The Balaban J connectivity index is 1.32. The third kappa shape index (κ3) is 1.12. The number of fused-ring (bicyclic) bond motifs is 1. The first-order valence-corrected chi connectivity index (χ1v) is 9.04. The summed E-state index contributed by atoms with van der Waals surface area (Å²) in [5, 5.41) is 0. The van der Waals surface area contributed by atoms with E-state index in [2.05, 4.69) is 5.57 Å². The molecular formula is C19H26. The molecule has 0 aromatic rings. The molecule has 0 aromatic carbocycles. The first kappa shape index (κ1) is 10.5. The molecule has 0 bridgehead atoms. The topological polar surface area (TPSA) is 0 Å². The maximum Gasteiger partial charge on any atom is 0.00150 e. The molecule has 0 N–H and O–H groups in total. The van der Waals surface area contributed by atoms with Gasteiger partial charge in [0.1, 0.15) is 0 Å². The van der Waals surface area contributed by atoms with E-state index < -0.39 is 0 Å². The number of hydrogen-bond acceptors (Lipinski definition) is 0. The van der Waals surface area contributed by atoms with Crippen molar-refractivity contribution < 1.29 is 0 Å². The molecule has 0 aromatic heterocycles. The molecule has 2 spiro atoms. The third-order valence-corrected chi connectivity index (χ3v) is 8.23. The van der Waals surface area contributed by atoms with E-state index >= 15 is 0 Å². The minimum atomic E-state index is 0.798. The lowest BCUT2D eigenvalue weighted by Crippen LogP contribution is -2.33. The molecule has 0 nitrogen and oxygen atoms in total. The quantitative estimate of drug-likeness (QED) is 0.591. The molecule has 102 valence electrons. The molecule has 0 radical (unpaired) electrons. The Morgan fingerprint density at radius 3 is 1.47 bits per heavy atom. The molecule has 6 saturated carbocycles. The minimum absolute atomic E-state index is 0.798. The minimum Gasteiger partial charge on any atom is -0.0692 e. The van der Waals surface area contributed by atoms with E-state index in [0.717, 1.165) is 16.2 Å². The molecular weight excluding hydrogens is 228 g/mol. The van der Waals surface area contributed by atoms with Gasteiger partial charge in [-0.2, -0.15) is 0 Å². The zero-order valence-electron chi connectivity index (χ0n) is 12.1. The van der Waals surface area contributed by atoms with Crippen LogP contribution in [-0.4, -0.2) is 0 Å². The van der Waals surface area contributed by atoms with Crippen LogP contribution in [0.3, 0.4) is 0 Å². The van der Waals surface area contributed by atoms with Gasteiger partial charge in [-0.05, 0) is 94.3 Å². The van der Waals surface area contributed by atoms with Crippen LogP contribution in [0, 0.1) is 28.1 Å². The second kappa shape index (κ2) is 2.85. The average molecular weight is 254 g/mol. The van der Waals surface area contributed by atoms with Gasteiger partial charge < -0.3 is 0 Å². The van der Waals surface area contributed by atoms with Gasteiger partial charge in [0.05, 0.1) is 0 Å². The zero-order valence-corrected chi connectivity index (χ0v) is 12.1. The van der Waals surface area contributed by atoms with E-state index in [-0.39, 0.29) is 0 Å². The lowest BCUT2D eigenvalue weighted by Gasteiger charge is -2.42. The van der Waals surface area contributed by atoms with Crippen molar-refractivity contribution in [1.82, 2.24) is 0 Å². The summed E-state index contributed by atoms with van der Waals surface area (Å²) in [6.07, 6.45) is 18.9. The van der Waals surface area contributed by atoms with Crippen molar-refractivity contribution in [3.63, 3.8) is 0 Å². The Kier molecular flexibility index (Phi) is 1.57. The zero-order chi connectivity index (χ0) is 12.3. The van der Waals surface area contributed by atoms with Gasteiger partial charge in [0.25, 0.3) is 0 Å². The van der Waals surface area contributed by atoms with Crippen LogP contribution in [0.2, 0.25) is 0 Å². The van der Waals surface area contributed by atoms with E-state index in [1.807, 2.05) is 5.57 Å². The molecule has 0 atom stereocenters. The van der Waals surface area contributed by atoms with E-state index in [1.165, 1.54) is 24.7 Å². The van der Waals surface area contributed by atoms with Gasteiger partial charge in [-0.15, -0.1) is 0 Å². The largest absolute Gasteiger partial charge is 0.0692 e. The van der Waals surface area contributed by atoms with Crippen LogP contribution in [0.5, 0.6) is 0 Å². The van der Waals surface area contributed by atoms with Crippen LogP contribution in [0.4, 0.5) is 0 Å². The number of allylic oxidation sites excluding steroid dienone is 2. The Labute approximate surface area is 117 Å². The summed E-state index contributed by atoms with van der Waals surface area (Å²) in [6.45, 7) is 0. The van der Waals surface area contributed by atoms with Gasteiger partial charge in [-0.3, -0.25) is 0 Å². The highest BCUT2D eigenvalue weighted by molar-refractivity contribution is 5.57. The first-order chi connectivity index (χ1) is 9.31. The standard InChI is InChI=1S/C19H26/c1-2-13(1)16-18(19(16)11-12-19)9-7-17(8-10-18,14-3-4-14)15-5-6-15/h14-15H,1-12H2. The summed E-state index contributed by atoms with van der Waals surface area (Å²) in [5.74, 6) is 2.34. The Morgan fingerprint density at radius 2 is 1.11 bits per heavy atom. The average Bonchev–Trinajstić information content (AvgIpc) is 3.30. The molecule has 0 unspecified atom stereocenters. The maximum atomic E-state index is 2.06. The van der Waals surface area contributed by atoms with Crippen molar-refractivity contribution in [2.45, 2.75) is 77.0 Å². The monoisotopic (exact) mass is 254 g/mol. The van der Waals surface area contributed by atoms with Gasteiger partial charge in [0.2, 0.25) is 0 Å². The molecule has 0 saturated heterocycles. The van der Waals surface area contributed by atoms with E-state index in [4.69, 9.17) is 0 Å². The predicted octanol–water partition coefficient (Wildman–Crippen LogP) is 5.24. The van der Waals surface area contributed by atoms with E-state index in [9.17, 15) is 0 Å². The van der Waals surface area contributed by atoms with Crippen molar-refractivity contribution >= 4 is 0 Å². The smallest absolute Gasteiger partial charge is 0.00150 e. The molecule has 6 fully saturated rings. The number of hydrogen-bond donors (Lipinski definition) is 0. The van der Waals surface area contributed by atoms with Gasteiger partial charge in [-0.25, -0.2) is 0 Å². The fourth-order valence-electron chi connectivity index (χ4n) is 6.81. The van der Waals surface area contributed by atoms with Crippen molar-refractivity contribution in [3.05, 3.63) is 11.1 Å². The Bertz CT molecular complexity index is 468. The van der Waals surface area contributed by atoms with Gasteiger partial charge in [0, 0.05) is 10.8 Å². The lowest BCUT2D eigenvalue weighted by molar-refractivity contribution is 0.0796. The predicted molar refractivity (Wildman–Crippen MR) is 76.7 cm³/mol. The van der Waals surface area contributed by atoms with Crippen LogP contribution in [-0.2, 0) is 0 Å². The summed E-state index contributed by atoms with van der Waals surface area (Å²) in [7, 11) is 0. The van der Waals surface area contributed by atoms with Crippen LogP contribution < -0.4 is 0 Å². The number of rotatable bonds is 2. The molecule has 0 aliphatic heterocycles. The second-order valence-corrected chi connectivity index (χ2v) is 8.92. The summed E-state index contributed by atoms with van der Waals surface area (Å²) < 4.78 is 0. The summed E-state index contributed by atoms with van der Waals surface area (Å²) >= 11 is 0. The normalized spacial score (nSPS) is 39.8. The van der Waals surface area contributed by atoms with Crippen LogP contribution in [0.1, 0.15) is 77.0 Å². The van der Waals surface area contributed by atoms with Crippen LogP contribution in [0.25, 0.3) is 0 Å². The van der Waals surface area contributed by atoms with Crippen LogP contribution >= 0.6 is 0 Å². The van der Waals surface area contributed by atoms with Crippen molar-refractivity contribution in [2.24, 2.45) is 28.1 Å². The Hall–Kier alpha value is -0.260. The van der Waals surface area contributed by atoms with Gasteiger partial charge in [-0.1, -0.05) is 11.1 Å². The molecule has 19 heavy (non-hydrogen) atoms. The fraction of sp³-hybridized carbons (Fsp3) is 0.895. The van der Waals surface area contributed by atoms with E-state index in [1.54, 1.807) is 64.2 Å². The summed E-state index contributed by atoms with van der Waals surface area (Å²) in [5.41, 5.74) is 6.48. The lowest BCUT2D eigenvalue weighted by atomic mass is 9.62. The second-order valence-electron chi connectivity index (χ2n) is 8.92. The fourth-order valence-corrected chi connectivity index (χ4v) is 6.81. The highest BCUT2D eigenvalue weighted by atomic mass is 14.8. The third-order valence-electron chi connectivity index (χ3n) is 8.23. The van der Waals surface area contributed by atoms with Gasteiger partial charge in [0.15, 0.2) is 0 Å². The van der Waals surface area contributed by atoms with Crippen molar-refractivity contribution in [2.75, 3.05) is 0 Å². The molecule has 0 amide bonds. The molecule has 0 heterocycles. The van der Waals surface area contributed by atoms with E-state index in [0.29, 0.717) is 0 Å². The molecule has 6 aliphatic carbocycles. The van der Waals surface area contributed by atoms with Crippen molar-refractivity contribution in [1.29, 1.82) is 0 Å². The molecule has 0 heteroatoms. The van der Waals surface area contributed by atoms with Crippen LogP contribution in [0.15, 0.2) is 11.1 Å². The highest BCUT2D eigenvalue weighted by Gasteiger charge is 2.79. The summed E-state index contributed by atoms with van der Waals surface area (Å²) in [6, 6.07) is 0. The molecule has 6 aliphatic rings. The van der Waals surface area contributed by atoms with Crippen molar-refractivity contribution in [3.8, 4) is 0 Å². The first-order valence-electron chi connectivity index (χ1n) is 9.04. The van der Waals surface area contributed by atoms with Gasteiger partial charge >= 0.3 is 0 Å². The summed E-state index contributed by atoms with van der Waals surface area (Å²) in [4.78, 5) is 0. The maximum absolute atomic E-state index is 2.06. The Morgan fingerprint density at radius 1 is 0.632 bits per heavy atom. The molecule has 6 rings (SSSR count).